The number of carboxylic acid groups (broad SMARTS) is 1. The molecule has 3 rings (SSSR count). The van der Waals surface area contributed by atoms with Gasteiger partial charge in [-0.15, -0.1) is 0 Å². The molecule has 1 saturated heterocycles. The Morgan fingerprint density at radius 2 is 1.72 bits per heavy atom. The zero-order chi connectivity index (χ0) is 17.8. The highest BCUT2D eigenvalue weighted by Gasteiger charge is 2.35. The number of piperidine rings is 1. The summed E-state index contributed by atoms with van der Waals surface area (Å²) in [5, 5.41) is 10.4. The van der Waals surface area contributed by atoms with E-state index in [1.54, 1.807) is 0 Å². The quantitative estimate of drug-likeness (QED) is 0.824. The van der Waals surface area contributed by atoms with Crippen molar-refractivity contribution in [1.82, 2.24) is 4.90 Å². The Hall–Kier alpha value is -1.84. The van der Waals surface area contributed by atoms with Crippen LogP contribution in [0.5, 0.6) is 0 Å². The van der Waals surface area contributed by atoms with Gasteiger partial charge in [0.25, 0.3) is 0 Å². The molecule has 2 aromatic rings. The lowest BCUT2D eigenvalue weighted by atomic mass is 9.91. The summed E-state index contributed by atoms with van der Waals surface area (Å²) in [5.41, 5.74) is 3.50. The van der Waals surface area contributed by atoms with Gasteiger partial charge in [0.1, 0.15) is 6.04 Å². The number of aryl methyl sites for hydroxylation is 1. The van der Waals surface area contributed by atoms with Gasteiger partial charge < -0.3 is 5.11 Å². The number of rotatable bonds is 5. The molecule has 25 heavy (non-hydrogen) atoms. The van der Waals surface area contributed by atoms with Gasteiger partial charge in [-0.25, -0.2) is 0 Å². The minimum Gasteiger partial charge on any atom is -0.480 e. The Balaban J connectivity index is 2.03. The predicted octanol–water partition coefficient (Wildman–Crippen LogP) is 4.93. The van der Waals surface area contributed by atoms with Crippen LogP contribution in [-0.4, -0.2) is 28.6 Å². The number of nitrogens with zero attached hydrogens (tertiary/aromatic N) is 1. The van der Waals surface area contributed by atoms with Crippen LogP contribution in [0.15, 0.2) is 48.5 Å². The average molecular weight is 358 g/mol. The van der Waals surface area contributed by atoms with Crippen molar-refractivity contribution in [2.24, 2.45) is 0 Å². The van der Waals surface area contributed by atoms with Crippen LogP contribution in [0.4, 0.5) is 0 Å². The van der Waals surface area contributed by atoms with E-state index in [1.165, 1.54) is 5.56 Å². The van der Waals surface area contributed by atoms with Crippen molar-refractivity contribution in [1.29, 1.82) is 0 Å². The van der Waals surface area contributed by atoms with Gasteiger partial charge in [0.05, 0.1) is 6.04 Å². The van der Waals surface area contributed by atoms with Crippen LogP contribution in [0, 0.1) is 0 Å². The lowest BCUT2D eigenvalue weighted by Gasteiger charge is -2.39. The molecule has 2 atom stereocenters. The first-order valence-electron chi connectivity index (χ1n) is 8.93. The van der Waals surface area contributed by atoms with Crippen LogP contribution in [0.1, 0.15) is 48.9 Å². The molecule has 0 radical (unpaired) electrons. The largest absolute Gasteiger partial charge is 0.480 e. The van der Waals surface area contributed by atoms with Crippen molar-refractivity contribution in [3.8, 4) is 0 Å². The van der Waals surface area contributed by atoms with E-state index in [4.69, 9.17) is 11.6 Å². The van der Waals surface area contributed by atoms with Crippen molar-refractivity contribution < 1.29 is 9.90 Å². The standard InChI is InChI=1S/C21H24ClNO2/c1-2-15-6-8-16(9-7-15)20(17-10-12-18(22)13-11-17)23-14-4-3-5-19(23)21(24)25/h6-13,19-20H,2-5,14H2,1H3,(H,24,25). The average Bonchev–Trinajstić information content (AvgIpc) is 2.64. The third kappa shape index (κ3) is 4.05. The molecule has 3 nitrogen and oxygen atoms in total. The second-order valence-corrected chi connectivity index (χ2v) is 7.07. The van der Waals surface area contributed by atoms with Crippen molar-refractivity contribution >= 4 is 17.6 Å². The lowest BCUT2D eigenvalue weighted by Crippen LogP contribution is -2.46. The second kappa shape index (κ2) is 8.03. The molecule has 2 unspecified atom stereocenters. The van der Waals surface area contributed by atoms with Gasteiger partial charge in [-0.05, 0) is 54.6 Å². The Kier molecular flexibility index (Phi) is 5.77. The summed E-state index contributed by atoms with van der Waals surface area (Å²) in [6.07, 6.45) is 3.69. The van der Waals surface area contributed by atoms with Gasteiger partial charge >= 0.3 is 5.97 Å². The number of hydrogen-bond donors (Lipinski definition) is 1. The topological polar surface area (TPSA) is 40.5 Å². The number of aliphatic carboxylic acids is 1. The summed E-state index contributed by atoms with van der Waals surface area (Å²) in [5.74, 6) is -0.733. The first-order valence-corrected chi connectivity index (χ1v) is 9.30. The molecule has 1 fully saturated rings. The van der Waals surface area contributed by atoms with Gasteiger partial charge in [-0.2, -0.15) is 0 Å². The van der Waals surface area contributed by atoms with Crippen LogP contribution >= 0.6 is 11.6 Å². The van der Waals surface area contributed by atoms with E-state index in [2.05, 4.69) is 36.1 Å². The van der Waals surface area contributed by atoms with Gasteiger partial charge in [0.2, 0.25) is 0 Å². The van der Waals surface area contributed by atoms with Crippen molar-refractivity contribution in [3.05, 3.63) is 70.2 Å². The zero-order valence-corrected chi connectivity index (χ0v) is 15.2. The summed E-state index contributed by atoms with van der Waals surface area (Å²) in [7, 11) is 0. The number of hydrogen-bond acceptors (Lipinski definition) is 2. The van der Waals surface area contributed by atoms with E-state index in [0.717, 1.165) is 36.9 Å². The highest BCUT2D eigenvalue weighted by Crippen LogP contribution is 2.34. The van der Waals surface area contributed by atoms with Gasteiger partial charge in [-0.3, -0.25) is 9.69 Å². The van der Waals surface area contributed by atoms with E-state index in [1.807, 2.05) is 24.3 Å². The number of carbonyl (C=O) groups is 1. The predicted molar refractivity (Wildman–Crippen MR) is 101 cm³/mol. The fourth-order valence-electron chi connectivity index (χ4n) is 3.68. The molecule has 0 spiro atoms. The molecule has 0 bridgehead atoms. The summed E-state index contributed by atoms with van der Waals surface area (Å²) >= 11 is 6.06. The van der Waals surface area contributed by atoms with Gasteiger partial charge in [0.15, 0.2) is 0 Å². The molecule has 0 aromatic heterocycles. The molecule has 132 valence electrons. The van der Waals surface area contributed by atoms with E-state index >= 15 is 0 Å². The van der Waals surface area contributed by atoms with Crippen LogP contribution in [0.3, 0.4) is 0 Å². The van der Waals surface area contributed by atoms with Crippen LogP contribution in [0.25, 0.3) is 0 Å². The van der Waals surface area contributed by atoms with Crippen LogP contribution in [-0.2, 0) is 11.2 Å². The first kappa shape index (κ1) is 18.0. The third-order valence-corrected chi connectivity index (χ3v) is 5.30. The molecule has 2 aromatic carbocycles. The highest BCUT2D eigenvalue weighted by atomic mass is 35.5. The molecular weight excluding hydrogens is 334 g/mol. The van der Waals surface area contributed by atoms with Crippen molar-refractivity contribution in [2.75, 3.05) is 6.54 Å². The summed E-state index contributed by atoms with van der Waals surface area (Å²) in [6, 6.07) is 15.8. The maximum atomic E-state index is 11.8. The second-order valence-electron chi connectivity index (χ2n) is 6.64. The minimum absolute atomic E-state index is 0.0652. The lowest BCUT2D eigenvalue weighted by molar-refractivity contribution is -0.145. The smallest absolute Gasteiger partial charge is 0.320 e. The third-order valence-electron chi connectivity index (χ3n) is 5.05. The summed E-state index contributed by atoms with van der Waals surface area (Å²) in [6.45, 7) is 2.93. The first-order chi connectivity index (χ1) is 12.1. The van der Waals surface area contributed by atoms with E-state index < -0.39 is 12.0 Å². The number of halogens is 1. The number of benzene rings is 2. The molecular formula is C21H24ClNO2. The van der Waals surface area contributed by atoms with E-state index in [-0.39, 0.29) is 6.04 Å². The Labute approximate surface area is 154 Å². The fraction of sp³-hybridized carbons (Fsp3) is 0.381. The molecule has 4 heteroatoms. The van der Waals surface area contributed by atoms with E-state index in [9.17, 15) is 9.90 Å². The minimum atomic E-state index is -0.733. The van der Waals surface area contributed by atoms with Crippen LogP contribution < -0.4 is 0 Å². The summed E-state index contributed by atoms with van der Waals surface area (Å²) < 4.78 is 0. The number of carboxylic acids is 1. The van der Waals surface area contributed by atoms with Crippen molar-refractivity contribution in [3.63, 3.8) is 0 Å². The maximum absolute atomic E-state index is 11.8. The van der Waals surface area contributed by atoms with Crippen molar-refractivity contribution in [2.45, 2.75) is 44.7 Å². The molecule has 0 amide bonds. The SMILES string of the molecule is CCc1ccc(C(c2ccc(Cl)cc2)N2CCCCC2C(=O)O)cc1. The molecule has 0 aliphatic carbocycles. The van der Waals surface area contributed by atoms with Crippen LogP contribution in [0.2, 0.25) is 5.02 Å². The zero-order valence-electron chi connectivity index (χ0n) is 14.5. The summed E-state index contributed by atoms with van der Waals surface area (Å²) in [4.78, 5) is 14.0. The van der Waals surface area contributed by atoms with E-state index in [0.29, 0.717) is 11.4 Å². The molecule has 1 aliphatic rings. The monoisotopic (exact) mass is 357 g/mol. The number of likely N-dealkylation sites (tertiary alicyclic amines) is 1. The Morgan fingerprint density at radius 3 is 2.28 bits per heavy atom. The normalized spacial score (nSPS) is 19.5. The van der Waals surface area contributed by atoms with Gasteiger partial charge in [-0.1, -0.05) is 61.3 Å². The highest BCUT2D eigenvalue weighted by molar-refractivity contribution is 6.30. The molecule has 1 aliphatic heterocycles. The Morgan fingerprint density at radius 1 is 1.12 bits per heavy atom. The molecule has 1 N–H and O–H groups in total. The molecule has 1 heterocycles. The maximum Gasteiger partial charge on any atom is 0.320 e. The molecule has 0 saturated carbocycles. The fourth-order valence-corrected chi connectivity index (χ4v) is 3.81. The van der Waals surface area contributed by atoms with Gasteiger partial charge in [0, 0.05) is 5.02 Å². The Bertz CT molecular complexity index is 712.